The minimum Gasteiger partial charge on any atom is -0.375 e. The Morgan fingerprint density at radius 3 is 2.44 bits per heavy atom. The molecule has 4 aromatic rings. The van der Waals surface area contributed by atoms with Gasteiger partial charge in [-0.05, 0) is 51.4 Å². The fourth-order valence-corrected chi connectivity index (χ4v) is 4.68. The molecule has 0 aliphatic carbocycles. The van der Waals surface area contributed by atoms with Crippen molar-refractivity contribution in [2.45, 2.75) is 19.9 Å². The predicted octanol–water partition coefficient (Wildman–Crippen LogP) is 6.36. The Balaban J connectivity index is 1.85. The second kappa shape index (κ2) is 9.53. The van der Waals surface area contributed by atoms with Crippen molar-refractivity contribution in [2.24, 2.45) is 0 Å². The summed E-state index contributed by atoms with van der Waals surface area (Å²) in [7, 11) is -2.60. The predicted molar refractivity (Wildman–Crippen MR) is 135 cm³/mol. The largest absolute Gasteiger partial charge is 0.375 e. The molecule has 11 heteroatoms. The summed E-state index contributed by atoms with van der Waals surface area (Å²) >= 11 is 6.52. The number of hydrogen-bond donors (Lipinski definition) is 1. The molecule has 0 aliphatic heterocycles. The smallest absolute Gasteiger partial charge is 0.164 e. The molecule has 0 amide bonds. The minimum atomic E-state index is -2.60. The van der Waals surface area contributed by atoms with Gasteiger partial charge in [0.05, 0.1) is 45.0 Å². The molecule has 3 heterocycles. The first-order valence-corrected chi connectivity index (χ1v) is 13.7. The van der Waals surface area contributed by atoms with E-state index < -0.39 is 30.6 Å². The van der Waals surface area contributed by atoms with Gasteiger partial charge >= 0.3 is 0 Å². The van der Waals surface area contributed by atoms with Gasteiger partial charge in [0.1, 0.15) is 18.4 Å². The van der Waals surface area contributed by atoms with Crippen LogP contribution in [0, 0.1) is 35.7 Å². The van der Waals surface area contributed by atoms with E-state index in [0.29, 0.717) is 16.7 Å². The average molecular weight is 530 g/mol. The molecule has 0 fully saturated rings. The van der Waals surface area contributed by atoms with E-state index >= 15 is 4.39 Å². The molecule has 0 radical (unpaired) electrons. The molecular weight excluding hydrogens is 510 g/mol. The van der Waals surface area contributed by atoms with Gasteiger partial charge in [0.15, 0.2) is 17.5 Å². The molecule has 0 saturated heterocycles. The minimum absolute atomic E-state index is 0.0373. The first-order chi connectivity index (χ1) is 16.9. The lowest BCUT2D eigenvalue weighted by molar-refractivity contribution is 0.494. The summed E-state index contributed by atoms with van der Waals surface area (Å²) in [5.74, 6) is -2.91. The Labute approximate surface area is 210 Å². The van der Waals surface area contributed by atoms with Crippen molar-refractivity contribution in [1.29, 1.82) is 5.26 Å². The van der Waals surface area contributed by atoms with Crippen LogP contribution in [0.4, 0.5) is 18.9 Å². The summed E-state index contributed by atoms with van der Waals surface area (Å²) in [6.07, 6.45) is 1.39. The lowest BCUT2D eigenvalue weighted by Crippen LogP contribution is -2.12. The second-order valence-corrected chi connectivity index (χ2v) is 12.2. The van der Waals surface area contributed by atoms with Crippen molar-refractivity contribution in [1.82, 2.24) is 15.0 Å². The molecule has 0 spiro atoms. The van der Waals surface area contributed by atoms with Crippen LogP contribution in [0.15, 0.2) is 36.5 Å². The molecule has 1 atom stereocenters. The van der Waals surface area contributed by atoms with Crippen LogP contribution in [0.3, 0.4) is 0 Å². The summed E-state index contributed by atoms with van der Waals surface area (Å²) in [5, 5.41) is 12.3. The van der Waals surface area contributed by atoms with Crippen LogP contribution in [0.5, 0.6) is 0 Å². The van der Waals surface area contributed by atoms with E-state index in [1.54, 1.807) is 45.4 Å². The maximum atomic E-state index is 15.1. The van der Waals surface area contributed by atoms with E-state index in [9.17, 15) is 13.3 Å². The topological polar surface area (TPSA) is 91.6 Å². The van der Waals surface area contributed by atoms with Crippen molar-refractivity contribution >= 4 is 40.9 Å². The number of nitriles is 1. The van der Waals surface area contributed by atoms with Crippen LogP contribution < -0.4 is 10.8 Å². The van der Waals surface area contributed by atoms with Gasteiger partial charge in [0, 0.05) is 23.4 Å². The summed E-state index contributed by atoms with van der Waals surface area (Å²) in [4.78, 5) is 13.0. The standard InChI is InChI=1S/C25H20ClF3N5OP/c1-12(16-7-14(10-30)8-17(27)22(16)29)33-25-21(26)13(2)32-19-9-18(28)23(34-24(19)25)15-5-6-20(31-11-15)36(3,4)35/h5-9,11-12H,1-4H3,(H,32,33)/t12-/m1/s1. The number of aryl methyl sites for hydroxylation is 1. The average Bonchev–Trinajstić information content (AvgIpc) is 2.82. The molecule has 184 valence electrons. The molecular formula is C25H20ClF3N5OP. The Bertz CT molecular complexity index is 1600. The summed E-state index contributed by atoms with van der Waals surface area (Å²) in [5.41, 5.74) is 1.59. The van der Waals surface area contributed by atoms with E-state index in [-0.39, 0.29) is 38.6 Å². The highest BCUT2D eigenvalue weighted by atomic mass is 35.5. The van der Waals surface area contributed by atoms with E-state index in [1.807, 2.05) is 0 Å². The number of pyridine rings is 3. The number of aromatic nitrogens is 3. The maximum absolute atomic E-state index is 15.1. The van der Waals surface area contributed by atoms with Gasteiger partial charge in [-0.1, -0.05) is 11.6 Å². The monoisotopic (exact) mass is 529 g/mol. The van der Waals surface area contributed by atoms with E-state index in [4.69, 9.17) is 16.9 Å². The normalized spacial score (nSPS) is 12.4. The number of rotatable bonds is 5. The van der Waals surface area contributed by atoms with Crippen molar-refractivity contribution in [3.63, 3.8) is 0 Å². The van der Waals surface area contributed by atoms with Gasteiger partial charge in [-0.3, -0.25) is 4.98 Å². The van der Waals surface area contributed by atoms with Crippen LogP contribution in [0.1, 0.15) is 29.8 Å². The highest BCUT2D eigenvalue weighted by Gasteiger charge is 2.22. The molecule has 0 bridgehead atoms. The molecule has 1 N–H and O–H groups in total. The zero-order valence-corrected chi connectivity index (χ0v) is 21.3. The highest BCUT2D eigenvalue weighted by molar-refractivity contribution is 7.69. The van der Waals surface area contributed by atoms with Crippen LogP contribution in [-0.2, 0) is 4.57 Å². The number of fused-ring (bicyclic) bond motifs is 1. The van der Waals surface area contributed by atoms with E-state index in [0.717, 1.165) is 6.07 Å². The Hall–Kier alpha value is -3.47. The van der Waals surface area contributed by atoms with Crippen LogP contribution >= 0.6 is 18.7 Å². The van der Waals surface area contributed by atoms with Crippen molar-refractivity contribution in [3.05, 3.63) is 75.8 Å². The number of hydrogen-bond acceptors (Lipinski definition) is 6. The molecule has 0 aliphatic rings. The van der Waals surface area contributed by atoms with Crippen molar-refractivity contribution < 1.29 is 17.7 Å². The number of benzene rings is 1. The molecule has 0 saturated carbocycles. The molecule has 1 aromatic carbocycles. The van der Waals surface area contributed by atoms with Gasteiger partial charge in [-0.25, -0.2) is 23.1 Å². The second-order valence-electron chi connectivity index (χ2n) is 8.67. The Morgan fingerprint density at radius 2 is 1.83 bits per heavy atom. The van der Waals surface area contributed by atoms with Gasteiger partial charge in [-0.15, -0.1) is 0 Å². The van der Waals surface area contributed by atoms with Gasteiger partial charge in [0.25, 0.3) is 0 Å². The summed E-state index contributed by atoms with van der Waals surface area (Å²) in [6, 6.07) is 7.35. The fraction of sp³-hybridized carbons (Fsp3) is 0.200. The first-order valence-electron chi connectivity index (χ1n) is 10.7. The van der Waals surface area contributed by atoms with Gasteiger partial charge in [-0.2, -0.15) is 5.26 Å². The Kier molecular flexibility index (Phi) is 6.78. The van der Waals surface area contributed by atoms with Crippen LogP contribution in [-0.4, -0.2) is 28.3 Å². The van der Waals surface area contributed by atoms with Crippen LogP contribution in [0.2, 0.25) is 5.02 Å². The number of halogens is 4. The zero-order chi connectivity index (χ0) is 26.4. The number of anilines is 1. The zero-order valence-electron chi connectivity index (χ0n) is 19.7. The highest BCUT2D eigenvalue weighted by Crippen LogP contribution is 2.37. The Morgan fingerprint density at radius 1 is 1.11 bits per heavy atom. The third-order valence-corrected chi connectivity index (χ3v) is 7.43. The third kappa shape index (κ3) is 4.79. The number of nitrogens with one attached hydrogen (secondary N) is 1. The van der Waals surface area contributed by atoms with Crippen molar-refractivity contribution in [3.8, 4) is 17.3 Å². The van der Waals surface area contributed by atoms with E-state index in [1.165, 1.54) is 18.3 Å². The summed E-state index contributed by atoms with van der Waals surface area (Å²) in [6.45, 7) is 6.36. The summed E-state index contributed by atoms with van der Waals surface area (Å²) < 4.78 is 55.9. The molecule has 6 nitrogen and oxygen atoms in total. The molecule has 4 rings (SSSR count). The molecule has 36 heavy (non-hydrogen) atoms. The first kappa shape index (κ1) is 25.6. The lowest BCUT2D eigenvalue weighted by Gasteiger charge is -2.20. The van der Waals surface area contributed by atoms with Gasteiger partial charge in [0.2, 0.25) is 0 Å². The maximum Gasteiger partial charge on any atom is 0.164 e. The molecule has 3 aromatic heterocycles. The van der Waals surface area contributed by atoms with Crippen molar-refractivity contribution in [2.75, 3.05) is 18.6 Å². The lowest BCUT2D eigenvalue weighted by atomic mass is 10.0. The fourth-order valence-electron chi connectivity index (χ4n) is 3.73. The third-order valence-electron chi connectivity index (χ3n) is 5.60. The van der Waals surface area contributed by atoms with Gasteiger partial charge < -0.3 is 9.88 Å². The SMILES string of the molecule is Cc1nc2cc(F)c(-c3ccc(P(C)(C)=O)nc3)nc2c(N[C@H](C)c2cc(C#N)cc(F)c2F)c1Cl. The quantitative estimate of drug-likeness (QED) is 0.302. The molecule has 0 unspecified atom stereocenters. The van der Waals surface area contributed by atoms with Crippen LogP contribution in [0.25, 0.3) is 22.3 Å². The van der Waals surface area contributed by atoms with E-state index in [2.05, 4.69) is 20.3 Å². The number of nitrogens with zero attached hydrogens (tertiary/aromatic N) is 4.